The first-order chi connectivity index (χ1) is 8.72. The van der Waals surface area contributed by atoms with E-state index in [0.717, 1.165) is 16.5 Å². The monoisotopic (exact) mass is 261 g/mol. The third-order valence-electron chi connectivity index (χ3n) is 2.23. The molecule has 0 spiro atoms. The highest BCUT2D eigenvalue weighted by atomic mass is 32.1. The molecule has 0 aliphatic carbocycles. The second kappa shape index (κ2) is 4.11. The summed E-state index contributed by atoms with van der Waals surface area (Å²) in [7, 11) is 0. The number of para-hydroxylation sites is 1. The Hall–Kier alpha value is -2.41. The summed E-state index contributed by atoms with van der Waals surface area (Å²) in [6, 6.07) is 7.80. The summed E-state index contributed by atoms with van der Waals surface area (Å²) in [6.45, 7) is 0. The van der Waals surface area contributed by atoms with Crippen LogP contribution in [0.5, 0.6) is 0 Å². The molecule has 1 aromatic carbocycles. The molecule has 0 atom stereocenters. The van der Waals surface area contributed by atoms with Gasteiger partial charge in [-0.1, -0.05) is 23.5 Å². The first-order valence-corrected chi connectivity index (χ1v) is 5.85. The molecule has 0 saturated carbocycles. The maximum atomic E-state index is 10.6. The van der Waals surface area contributed by atoms with E-state index in [1.165, 1.54) is 11.3 Å². The minimum absolute atomic E-state index is 0.117. The fourth-order valence-electron chi connectivity index (χ4n) is 1.45. The largest absolute Gasteiger partial charge is 0.476 e. The lowest BCUT2D eigenvalue weighted by atomic mass is 10.3. The summed E-state index contributed by atoms with van der Waals surface area (Å²) < 4.78 is 6.02. The molecule has 0 aliphatic heterocycles. The van der Waals surface area contributed by atoms with E-state index >= 15 is 0 Å². The predicted molar refractivity (Wildman–Crippen MR) is 66.4 cm³/mol. The SMILES string of the molecule is O=C(O)c1coc(Nc2nc3ccccc3s2)n1. The van der Waals surface area contributed by atoms with Gasteiger partial charge < -0.3 is 9.52 Å². The Morgan fingerprint density at radius 3 is 2.89 bits per heavy atom. The Bertz CT molecular complexity index is 686. The molecule has 90 valence electrons. The topological polar surface area (TPSA) is 88.2 Å². The Morgan fingerprint density at radius 2 is 2.17 bits per heavy atom. The van der Waals surface area contributed by atoms with Crippen molar-refractivity contribution in [2.45, 2.75) is 0 Å². The second-order valence-electron chi connectivity index (χ2n) is 3.45. The van der Waals surface area contributed by atoms with E-state index in [-0.39, 0.29) is 11.7 Å². The zero-order chi connectivity index (χ0) is 12.5. The van der Waals surface area contributed by atoms with Gasteiger partial charge in [0.25, 0.3) is 0 Å². The van der Waals surface area contributed by atoms with E-state index in [9.17, 15) is 4.79 Å². The molecule has 0 aliphatic rings. The molecule has 0 fully saturated rings. The molecular weight excluding hydrogens is 254 g/mol. The number of carboxylic acid groups (broad SMARTS) is 1. The molecule has 2 aromatic heterocycles. The quantitative estimate of drug-likeness (QED) is 0.753. The van der Waals surface area contributed by atoms with Crippen molar-refractivity contribution in [3.8, 4) is 0 Å². The fraction of sp³-hybridized carbons (Fsp3) is 0. The van der Waals surface area contributed by atoms with Gasteiger partial charge >= 0.3 is 12.0 Å². The summed E-state index contributed by atoms with van der Waals surface area (Å²) in [5, 5.41) is 12.2. The van der Waals surface area contributed by atoms with Gasteiger partial charge in [0.2, 0.25) is 0 Å². The summed E-state index contributed by atoms with van der Waals surface area (Å²) >= 11 is 1.44. The summed E-state index contributed by atoms with van der Waals surface area (Å²) in [5.41, 5.74) is 0.730. The molecule has 2 N–H and O–H groups in total. The van der Waals surface area contributed by atoms with Crippen LogP contribution in [0.3, 0.4) is 0 Å². The van der Waals surface area contributed by atoms with E-state index in [2.05, 4.69) is 15.3 Å². The van der Waals surface area contributed by atoms with Crippen LogP contribution in [0.2, 0.25) is 0 Å². The number of nitrogens with one attached hydrogen (secondary N) is 1. The normalized spacial score (nSPS) is 10.7. The van der Waals surface area contributed by atoms with Gasteiger partial charge in [0.05, 0.1) is 10.2 Å². The van der Waals surface area contributed by atoms with E-state index < -0.39 is 5.97 Å². The van der Waals surface area contributed by atoms with Crippen LogP contribution in [-0.2, 0) is 0 Å². The van der Waals surface area contributed by atoms with Crippen molar-refractivity contribution in [2.75, 3.05) is 5.32 Å². The van der Waals surface area contributed by atoms with Crippen LogP contribution < -0.4 is 5.32 Å². The van der Waals surface area contributed by atoms with E-state index in [4.69, 9.17) is 9.52 Å². The molecule has 0 unspecified atom stereocenters. The number of rotatable bonds is 3. The average Bonchev–Trinajstić information content (AvgIpc) is 2.94. The highest BCUT2D eigenvalue weighted by molar-refractivity contribution is 7.22. The van der Waals surface area contributed by atoms with Gasteiger partial charge in [0.1, 0.15) is 6.26 Å². The van der Waals surface area contributed by atoms with Gasteiger partial charge in [-0.25, -0.2) is 9.78 Å². The summed E-state index contributed by atoms with van der Waals surface area (Å²) in [5.74, 6) is -1.13. The Kier molecular flexibility index (Phi) is 2.45. The lowest BCUT2D eigenvalue weighted by Crippen LogP contribution is -1.96. The van der Waals surface area contributed by atoms with Gasteiger partial charge in [-0.3, -0.25) is 5.32 Å². The van der Waals surface area contributed by atoms with Gasteiger partial charge in [-0.15, -0.1) is 0 Å². The minimum atomic E-state index is -1.13. The van der Waals surface area contributed by atoms with Crippen molar-refractivity contribution in [1.29, 1.82) is 0 Å². The molecular formula is C11H7N3O3S. The lowest BCUT2D eigenvalue weighted by Gasteiger charge is -1.92. The van der Waals surface area contributed by atoms with Crippen LogP contribution >= 0.6 is 11.3 Å². The number of benzene rings is 1. The van der Waals surface area contributed by atoms with Crippen LogP contribution in [0, 0.1) is 0 Å². The smallest absolute Gasteiger partial charge is 0.357 e. The number of fused-ring (bicyclic) bond motifs is 1. The van der Waals surface area contributed by atoms with Crippen molar-refractivity contribution < 1.29 is 14.3 Å². The Morgan fingerprint density at radius 1 is 1.33 bits per heavy atom. The number of hydrogen-bond acceptors (Lipinski definition) is 6. The molecule has 6 nitrogen and oxygen atoms in total. The van der Waals surface area contributed by atoms with Crippen molar-refractivity contribution in [1.82, 2.24) is 9.97 Å². The van der Waals surface area contributed by atoms with Gasteiger partial charge in [0.15, 0.2) is 10.8 Å². The molecule has 3 rings (SSSR count). The molecule has 0 saturated heterocycles. The van der Waals surface area contributed by atoms with E-state index in [0.29, 0.717) is 5.13 Å². The number of oxazole rings is 1. The van der Waals surface area contributed by atoms with Crippen LogP contribution in [-0.4, -0.2) is 21.0 Å². The Balaban J connectivity index is 1.88. The average molecular weight is 261 g/mol. The highest BCUT2D eigenvalue weighted by Gasteiger charge is 2.11. The molecule has 3 aromatic rings. The third kappa shape index (κ3) is 1.91. The molecule has 0 radical (unpaired) electrons. The molecule has 0 bridgehead atoms. The number of thiazole rings is 1. The number of nitrogens with zero attached hydrogens (tertiary/aromatic N) is 2. The van der Waals surface area contributed by atoms with Crippen LogP contribution in [0.1, 0.15) is 10.5 Å². The van der Waals surface area contributed by atoms with E-state index in [1.54, 1.807) is 0 Å². The zero-order valence-electron chi connectivity index (χ0n) is 8.95. The van der Waals surface area contributed by atoms with Crippen LogP contribution in [0.25, 0.3) is 10.2 Å². The van der Waals surface area contributed by atoms with E-state index in [1.807, 2.05) is 24.3 Å². The molecule has 18 heavy (non-hydrogen) atoms. The first-order valence-electron chi connectivity index (χ1n) is 5.04. The second-order valence-corrected chi connectivity index (χ2v) is 4.49. The van der Waals surface area contributed by atoms with Crippen molar-refractivity contribution in [3.05, 3.63) is 36.2 Å². The number of aromatic nitrogens is 2. The van der Waals surface area contributed by atoms with Crippen molar-refractivity contribution >= 4 is 38.7 Å². The van der Waals surface area contributed by atoms with Crippen molar-refractivity contribution in [2.24, 2.45) is 0 Å². The number of aromatic carboxylic acids is 1. The number of hydrogen-bond donors (Lipinski definition) is 2. The van der Waals surface area contributed by atoms with Crippen LogP contribution in [0.4, 0.5) is 11.1 Å². The third-order valence-corrected chi connectivity index (χ3v) is 3.18. The minimum Gasteiger partial charge on any atom is -0.476 e. The molecule has 0 amide bonds. The zero-order valence-corrected chi connectivity index (χ0v) is 9.77. The number of carboxylic acids is 1. The molecule has 7 heteroatoms. The maximum absolute atomic E-state index is 10.6. The standard InChI is InChI=1S/C11H7N3O3S/c15-9(16)7-5-17-10(12-7)14-11-13-6-3-1-2-4-8(6)18-11/h1-5H,(H,15,16)(H,12,13,14). The molecule has 2 heterocycles. The van der Waals surface area contributed by atoms with Crippen LogP contribution in [0.15, 0.2) is 34.9 Å². The Labute approximate surface area is 105 Å². The van der Waals surface area contributed by atoms with Gasteiger partial charge in [-0.2, -0.15) is 4.98 Å². The number of anilines is 2. The fourth-order valence-corrected chi connectivity index (χ4v) is 2.30. The number of carbonyl (C=O) groups is 1. The van der Waals surface area contributed by atoms with Crippen molar-refractivity contribution in [3.63, 3.8) is 0 Å². The summed E-state index contributed by atoms with van der Waals surface area (Å²) in [4.78, 5) is 18.7. The highest BCUT2D eigenvalue weighted by Crippen LogP contribution is 2.27. The first kappa shape index (κ1) is 10.7. The van der Waals surface area contributed by atoms with Gasteiger partial charge in [0, 0.05) is 0 Å². The predicted octanol–water partition coefficient (Wildman–Crippen LogP) is 2.73. The summed E-state index contributed by atoms with van der Waals surface area (Å²) in [6.07, 6.45) is 1.08. The van der Waals surface area contributed by atoms with Gasteiger partial charge in [-0.05, 0) is 12.1 Å². The maximum Gasteiger partial charge on any atom is 0.357 e. The lowest BCUT2D eigenvalue weighted by molar-refractivity contribution is 0.0690.